The van der Waals surface area contributed by atoms with Crippen LogP contribution < -0.4 is 0 Å². The molecule has 6 heteroatoms. The molecule has 3 fully saturated rings. The molecular weight excluding hydrogens is 432 g/mol. The minimum absolute atomic E-state index is 0.0855. The number of esters is 3. The predicted octanol–water partition coefficient (Wildman–Crippen LogP) is 4.87. The fourth-order valence-corrected chi connectivity index (χ4v) is 7.66. The third kappa shape index (κ3) is 4.30. The Hall–Kier alpha value is -2.55. The second-order valence-corrected chi connectivity index (χ2v) is 10.8. The van der Waals surface area contributed by atoms with Crippen LogP contribution in [0, 0.1) is 41.4 Å². The van der Waals surface area contributed by atoms with Gasteiger partial charge >= 0.3 is 17.9 Å². The van der Waals surface area contributed by atoms with Crippen molar-refractivity contribution in [2.45, 2.75) is 90.8 Å². The molecule has 4 aliphatic carbocycles. The average Bonchev–Trinajstić information content (AvgIpc) is 3.04. The molecule has 0 spiro atoms. The molecule has 34 heavy (non-hydrogen) atoms. The van der Waals surface area contributed by atoms with Crippen LogP contribution in [-0.2, 0) is 28.6 Å². The van der Waals surface area contributed by atoms with Crippen molar-refractivity contribution in [3.8, 4) is 12.3 Å². The molecular formula is C28H36O6. The standard InChI is InChI=1S/C28H36O6/c1-6-28(34-26(31)15-17(2)32-18(3)29)14-12-25-24-9-7-20-16-21(33-19(4)30)8-10-22(20)23(24)11-13-27(25,28)5/h1,15-16,21-25H,7-14H2,2-5H3/t21-,22-,23+,24+,25-,27-,28-/m0/s1. The van der Waals surface area contributed by atoms with Crippen LogP contribution in [0.5, 0.6) is 0 Å². The molecule has 0 unspecified atom stereocenters. The Morgan fingerprint density at radius 2 is 1.79 bits per heavy atom. The van der Waals surface area contributed by atoms with Crippen LogP contribution in [0.1, 0.15) is 79.1 Å². The molecule has 4 rings (SSSR count). The molecule has 0 saturated heterocycles. The van der Waals surface area contributed by atoms with Gasteiger partial charge in [0.25, 0.3) is 0 Å². The van der Waals surface area contributed by atoms with Gasteiger partial charge in [-0.05, 0) is 88.0 Å². The summed E-state index contributed by atoms with van der Waals surface area (Å²) in [6.45, 7) is 6.53. The highest BCUT2D eigenvalue weighted by molar-refractivity contribution is 5.83. The molecule has 0 N–H and O–H groups in total. The third-order valence-corrected chi connectivity index (χ3v) is 8.98. The molecule has 6 nitrogen and oxygen atoms in total. The number of rotatable bonds is 4. The minimum atomic E-state index is -0.949. The number of ether oxygens (including phenoxy) is 3. The van der Waals surface area contributed by atoms with Crippen LogP contribution in [0.15, 0.2) is 23.5 Å². The Morgan fingerprint density at radius 1 is 1.03 bits per heavy atom. The van der Waals surface area contributed by atoms with E-state index in [4.69, 9.17) is 20.6 Å². The van der Waals surface area contributed by atoms with E-state index in [0.717, 1.165) is 44.9 Å². The maximum absolute atomic E-state index is 12.7. The van der Waals surface area contributed by atoms with Crippen molar-refractivity contribution in [3.05, 3.63) is 23.5 Å². The van der Waals surface area contributed by atoms with Crippen LogP contribution >= 0.6 is 0 Å². The van der Waals surface area contributed by atoms with Crippen molar-refractivity contribution in [2.75, 3.05) is 0 Å². The van der Waals surface area contributed by atoms with Gasteiger partial charge in [0.2, 0.25) is 0 Å². The molecule has 0 radical (unpaired) electrons. The van der Waals surface area contributed by atoms with Crippen molar-refractivity contribution < 1.29 is 28.6 Å². The SMILES string of the molecule is C#C[C@]1(OC(=O)C=C(C)OC(C)=O)CC[C@H]2[C@@H]3CCC4=C[C@@H](OC(C)=O)CC[C@@H]4[C@H]3CC[C@@]21C. The fraction of sp³-hybridized carbons (Fsp3) is 0.679. The Bertz CT molecular complexity index is 970. The van der Waals surface area contributed by atoms with Gasteiger partial charge in [0.05, 0.1) is 6.08 Å². The number of allylic oxidation sites excluding steroid dienone is 2. The normalized spacial score (nSPS) is 38.9. The smallest absolute Gasteiger partial charge is 0.335 e. The second-order valence-electron chi connectivity index (χ2n) is 10.8. The van der Waals surface area contributed by atoms with Crippen LogP contribution in [0.3, 0.4) is 0 Å². The van der Waals surface area contributed by atoms with Gasteiger partial charge in [-0.15, -0.1) is 6.42 Å². The summed E-state index contributed by atoms with van der Waals surface area (Å²) in [5, 5.41) is 0. The monoisotopic (exact) mass is 468 g/mol. The van der Waals surface area contributed by atoms with E-state index in [1.165, 1.54) is 25.5 Å². The van der Waals surface area contributed by atoms with Gasteiger partial charge in [0, 0.05) is 19.3 Å². The van der Waals surface area contributed by atoms with Gasteiger partial charge in [-0.25, -0.2) is 4.79 Å². The summed E-state index contributed by atoms with van der Waals surface area (Å²) < 4.78 is 16.4. The number of hydrogen-bond acceptors (Lipinski definition) is 6. The van der Waals surface area contributed by atoms with Gasteiger partial charge in [0.15, 0.2) is 5.60 Å². The highest BCUT2D eigenvalue weighted by Crippen LogP contribution is 2.65. The van der Waals surface area contributed by atoms with Crippen LogP contribution in [0.25, 0.3) is 0 Å². The molecule has 0 aromatic rings. The lowest BCUT2D eigenvalue weighted by Crippen LogP contribution is -2.53. The molecule has 7 atom stereocenters. The van der Waals surface area contributed by atoms with Crippen LogP contribution in [-0.4, -0.2) is 29.6 Å². The number of carbonyl (C=O) groups is 3. The molecule has 3 saturated carbocycles. The van der Waals surface area contributed by atoms with Crippen LogP contribution in [0.2, 0.25) is 0 Å². The largest absolute Gasteiger partial charge is 0.458 e. The van der Waals surface area contributed by atoms with E-state index in [-0.39, 0.29) is 23.2 Å². The number of fused-ring (bicyclic) bond motifs is 5. The van der Waals surface area contributed by atoms with E-state index in [1.54, 1.807) is 6.92 Å². The van der Waals surface area contributed by atoms with Gasteiger partial charge in [-0.1, -0.05) is 18.4 Å². The lowest BCUT2D eigenvalue weighted by molar-refractivity contribution is -0.164. The topological polar surface area (TPSA) is 78.9 Å². The quantitative estimate of drug-likeness (QED) is 0.146. The van der Waals surface area contributed by atoms with Crippen molar-refractivity contribution in [2.24, 2.45) is 29.1 Å². The maximum atomic E-state index is 12.7. The average molecular weight is 469 g/mol. The summed E-state index contributed by atoms with van der Waals surface area (Å²) in [6.07, 6.45) is 17.1. The first kappa shape index (κ1) is 24.6. The lowest BCUT2D eigenvalue weighted by Gasteiger charge is -2.55. The summed E-state index contributed by atoms with van der Waals surface area (Å²) in [5.74, 6) is 3.95. The zero-order valence-corrected chi connectivity index (χ0v) is 20.7. The van der Waals surface area contributed by atoms with Gasteiger partial charge in [0.1, 0.15) is 11.9 Å². The molecule has 0 aromatic carbocycles. The maximum Gasteiger partial charge on any atom is 0.335 e. The summed E-state index contributed by atoms with van der Waals surface area (Å²) in [5.41, 5.74) is 0.231. The first-order valence-corrected chi connectivity index (χ1v) is 12.5. The summed E-state index contributed by atoms with van der Waals surface area (Å²) >= 11 is 0. The van der Waals surface area contributed by atoms with Gasteiger partial charge in [-0.2, -0.15) is 0 Å². The van der Waals surface area contributed by atoms with Crippen molar-refractivity contribution in [3.63, 3.8) is 0 Å². The number of hydrogen-bond donors (Lipinski definition) is 0. The Morgan fingerprint density at radius 3 is 2.47 bits per heavy atom. The number of carbonyl (C=O) groups excluding carboxylic acids is 3. The molecule has 184 valence electrons. The molecule has 4 aliphatic rings. The highest BCUT2D eigenvalue weighted by atomic mass is 16.6. The zero-order chi connectivity index (χ0) is 24.7. The molecule has 0 amide bonds. The fourth-order valence-electron chi connectivity index (χ4n) is 7.66. The summed E-state index contributed by atoms with van der Waals surface area (Å²) in [6, 6.07) is 0. The van der Waals surface area contributed by atoms with E-state index in [2.05, 4.69) is 18.9 Å². The summed E-state index contributed by atoms with van der Waals surface area (Å²) in [4.78, 5) is 35.3. The van der Waals surface area contributed by atoms with E-state index in [1.807, 2.05) is 0 Å². The number of terminal acetylenes is 1. The van der Waals surface area contributed by atoms with E-state index < -0.39 is 17.5 Å². The third-order valence-electron chi connectivity index (χ3n) is 8.98. The first-order chi connectivity index (χ1) is 16.1. The highest BCUT2D eigenvalue weighted by Gasteiger charge is 2.64. The Kier molecular flexibility index (Phi) is 6.68. The summed E-state index contributed by atoms with van der Waals surface area (Å²) in [7, 11) is 0. The first-order valence-electron chi connectivity index (χ1n) is 12.5. The van der Waals surface area contributed by atoms with E-state index >= 15 is 0 Å². The Labute approximate surface area is 202 Å². The molecule has 0 bridgehead atoms. The van der Waals surface area contributed by atoms with Crippen LogP contribution in [0.4, 0.5) is 0 Å². The Balaban J connectivity index is 1.51. The van der Waals surface area contributed by atoms with Gasteiger partial charge in [-0.3, -0.25) is 9.59 Å². The lowest BCUT2D eigenvalue weighted by atomic mass is 9.50. The molecule has 0 aliphatic heterocycles. The van der Waals surface area contributed by atoms with E-state index in [0.29, 0.717) is 30.1 Å². The second kappa shape index (κ2) is 9.24. The predicted molar refractivity (Wildman–Crippen MR) is 126 cm³/mol. The molecule has 0 heterocycles. The molecule has 0 aromatic heterocycles. The van der Waals surface area contributed by atoms with Crippen molar-refractivity contribution >= 4 is 17.9 Å². The van der Waals surface area contributed by atoms with Gasteiger partial charge < -0.3 is 14.2 Å². The van der Waals surface area contributed by atoms with Crippen molar-refractivity contribution in [1.82, 2.24) is 0 Å². The van der Waals surface area contributed by atoms with Crippen molar-refractivity contribution in [1.29, 1.82) is 0 Å². The zero-order valence-electron chi connectivity index (χ0n) is 20.7. The van der Waals surface area contributed by atoms with E-state index in [9.17, 15) is 14.4 Å². The minimum Gasteiger partial charge on any atom is -0.458 e.